The zero-order chi connectivity index (χ0) is 27.1. The van der Waals surface area contributed by atoms with Crippen LogP contribution < -0.4 is 4.90 Å². The lowest BCUT2D eigenvalue weighted by Crippen LogP contribution is -2.29. The van der Waals surface area contributed by atoms with Crippen molar-refractivity contribution in [3.8, 4) is 16.9 Å². The summed E-state index contributed by atoms with van der Waals surface area (Å²) < 4.78 is 13.6. The molecule has 1 aliphatic heterocycles. The van der Waals surface area contributed by atoms with Crippen LogP contribution in [0.1, 0.15) is 36.3 Å². The van der Waals surface area contributed by atoms with Crippen LogP contribution in [-0.2, 0) is 17.9 Å². The van der Waals surface area contributed by atoms with Gasteiger partial charge in [0.1, 0.15) is 11.5 Å². The quantitative estimate of drug-likeness (QED) is 0.192. The number of amides is 1. The summed E-state index contributed by atoms with van der Waals surface area (Å²) in [4.78, 5) is 17.6. The predicted molar refractivity (Wildman–Crippen MR) is 156 cm³/mol. The Balaban J connectivity index is 1.26. The van der Waals surface area contributed by atoms with Gasteiger partial charge in [0.25, 0.3) is 0 Å². The molecule has 0 atom stereocenters. The number of hydrogen-bond donors (Lipinski definition) is 0. The fourth-order valence-corrected chi connectivity index (χ4v) is 5.04. The van der Waals surface area contributed by atoms with Crippen LogP contribution in [-0.4, -0.2) is 33.7 Å². The lowest BCUT2D eigenvalue weighted by molar-refractivity contribution is -0.127. The Labute approximate surface area is 233 Å². The first-order valence-electron chi connectivity index (χ1n) is 13.8. The molecule has 1 fully saturated rings. The molecular weight excluding hydrogens is 500 g/mol. The highest BCUT2D eigenvalue weighted by atomic mass is 16.4. The summed E-state index contributed by atoms with van der Waals surface area (Å²) in [5.74, 6) is 2.19. The summed E-state index contributed by atoms with van der Waals surface area (Å²) in [6.07, 6.45) is 10.6. The zero-order valence-corrected chi connectivity index (χ0v) is 22.4. The van der Waals surface area contributed by atoms with Gasteiger partial charge in [0.05, 0.1) is 30.7 Å². The number of furan rings is 2. The number of benzene rings is 2. The maximum atomic E-state index is 13.6. The Bertz CT molecular complexity index is 1550. The maximum Gasteiger partial charge on any atom is 0.247 e. The van der Waals surface area contributed by atoms with Crippen molar-refractivity contribution in [2.45, 2.75) is 32.4 Å². The van der Waals surface area contributed by atoms with Crippen LogP contribution in [0, 0.1) is 0 Å². The van der Waals surface area contributed by atoms with Gasteiger partial charge in [-0.25, -0.2) is 4.68 Å². The largest absolute Gasteiger partial charge is 0.467 e. The van der Waals surface area contributed by atoms with Gasteiger partial charge in [-0.15, -0.1) is 0 Å². The Morgan fingerprint density at radius 2 is 1.60 bits per heavy atom. The molecule has 0 unspecified atom stereocenters. The number of hydrogen-bond acceptors (Lipinski definition) is 5. The van der Waals surface area contributed by atoms with Crippen LogP contribution in [0.4, 0.5) is 5.88 Å². The van der Waals surface area contributed by atoms with E-state index >= 15 is 0 Å². The lowest BCUT2D eigenvalue weighted by Gasteiger charge is -2.26. The van der Waals surface area contributed by atoms with Gasteiger partial charge in [0.15, 0.2) is 5.88 Å². The number of para-hydroxylation sites is 1. The van der Waals surface area contributed by atoms with Crippen LogP contribution in [0.15, 0.2) is 112 Å². The number of rotatable bonds is 9. The van der Waals surface area contributed by atoms with E-state index in [9.17, 15) is 4.79 Å². The second-order valence-corrected chi connectivity index (χ2v) is 9.97. The van der Waals surface area contributed by atoms with E-state index in [1.54, 1.807) is 17.2 Å². The highest BCUT2D eigenvalue weighted by molar-refractivity contribution is 5.92. The molecule has 7 nitrogen and oxygen atoms in total. The van der Waals surface area contributed by atoms with Gasteiger partial charge in [-0.05, 0) is 55.7 Å². The van der Waals surface area contributed by atoms with E-state index in [1.165, 1.54) is 19.3 Å². The first-order chi connectivity index (χ1) is 19.7. The molecular formula is C33H32N4O3. The van der Waals surface area contributed by atoms with E-state index in [1.807, 2.05) is 102 Å². The number of carbonyl (C=O) groups excluding carboxylic acids is 1. The van der Waals surface area contributed by atoms with Crippen LogP contribution in [0.25, 0.3) is 23.0 Å². The third-order valence-corrected chi connectivity index (χ3v) is 7.12. The summed E-state index contributed by atoms with van der Waals surface area (Å²) >= 11 is 0. The summed E-state index contributed by atoms with van der Waals surface area (Å²) in [6.45, 7) is 2.69. The second kappa shape index (κ2) is 11.9. The van der Waals surface area contributed by atoms with E-state index in [0.29, 0.717) is 18.8 Å². The first-order valence-corrected chi connectivity index (χ1v) is 13.8. The van der Waals surface area contributed by atoms with Crippen LogP contribution in [0.3, 0.4) is 0 Å². The fourth-order valence-electron chi connectivity index (χ4n) is 5.04. The fraction of sp³-hybridized carbons (Fsp3) is 0.212. The molecule has 0 radical (unpaired) electrons. The Kier molecular flexibility index (Phi) is 7.62. The highest BCUT2D eigenvalue weighted by Crippen LogP contribution is 2.26. The Morgan fingerprint density at radius 3 is 2.35 bits per heavy atom. The topological polar surface area (TPSA) is 67.7 Å². The van der Waals surface area contributed by atoms with Crippen LogP contribution in [0.5, 0.6) is 0 Å². The third kappa shape index (κ3) is 5.94. The van der Waals surface area contributed by atoms with Gasteiger partial charge in [-0.1, -0.05) is 48.5 Å². The summed E-state index contributed by atoms with van der Waals surface area (Å²) in [5.41, 5.74) is 3.60. The third-order valence-electron chi connectivity index (χ3n) is 7.12. The number of nitrogens with zero attached hydrogens (tertiary/aromatic N) is 4. The molecule has 2 aromatic carbocycles. The van der Waals surface area contributed by atoms with Gasteiger partial charge in [0, 0.05) is 42.6 Å². The molecule has 0 spiro atoms. The second-order valence-electron chi connectivity index (χ2n) is 9.97. The van der Waals surface area contributed by atoms with Gasteiger partial charge >= 0.3 is 0 Å². The minimum Gasteiger partial charge on any atom is -0.467 e. The number of anilines is 1. The maximum absolute atomic E-state index is 13.6. The molecule has 5 aromatic rings. The predicted octanol–water partition coefficient (Wildman–Crippen LogP) is 6.96. The number of aromatic nitrogens is 2. The molecule has 0 bridgehead atoms. The van der Waals surface area contributed by atoms with Gasteiger partial charge < -0.3 is 18.6 Å². The Morgan fingerprint density at radius 1 is 0.850 bits per heavy atom. The number of carbonyl (C=O) groups is 1. The van der Waals surface area contributed by atoms with Crippen molar-refractivity contribution in [2.24, 2.45) is 0 Å². The molecule has 0 saturated carbocycles. The van der Waals surface area contributed by atoms with Crippen molar-refractivity contribution >= 4 is 17.9 Å². The summed E-state index contributed by atoms with van der Waals surface area (Å²) in [5, 5.41) is 4.86. The summed E-state index contributed by atoms with van der Waals surface area (Å²) in [7, 11) is 0. The lowest BCUT2D eigenvalue weighted by atomic mass is 10.1. The van der Waals surface area contributed by atoms with Crippen molar-refractivity contribution in [1.29, 1.82) is 0 Å². The van der Waals surface area contributed by atoms with Crippen LogP contribution >= 0.6 is 0 Å². The van der Waals surface area contributed by atoms with Crippen molar-refractivity contribution in [2.75, 3.05) is 18.0 Å². The molecule has 1 aliphatic rings. The smallest absolute Gasteiger partial charge is 0.247 e. The normalized spacial score (nSPS) is 13.7. The minimum atomic E-state index is -0.140. The van der Waals surface area contributed by atoms with Gasteiger partial charge in [0.2, 0.25) is 5.91 Å². The van der Waals surface area contributed by atoms with Crippen molar-refractivity contribution < 1.29 is 13.6 Å². The SMILES string of the molecule is O=C(/C=C/c1cn(-c2ccccc2)nc1-c1ccccc1)N(Cc1ccco1)Cc1ccc(N2CCCCC2)o1. The van der Waals surface area contributed by atoms with E-state index in [0.717, 1.165) is 47.2 Å². The van der Waals surface area contributed by atoms with Crippen molar-refractivity contribution in [3.05, 3.63) is 121 Å². The van der Waals surface area contributed by atoms with Crippen LogP contribution in [0.2, 0.25) is 0 Å². The number of piperidine rings is 1. The average Bonchev–Trinajstić information content (AvgIpc) is 3.79. The standard InChI is InChI=1S/C33H32N4O3/c38-31(18-16-27-23-37(28-13-6-2-7-14-28)34-33(27)26-11-4-1-5-12-26)36(24-29-15-10-22-39-29)25-30-17-19-32(40-30)35-20-8-3-9-21-35/h1-2,4-7,10-19,22-23H,3,8-9,20-21,24-25H2/b18-16+. The average molecular weight is 533 g/mol. The molecule has 1 amide bonds. The molecule has 7 heteroatoms. The zero-order valence-electron chi connectivity index (χ0n) is 22.4. The molecule has 6 rings (SSSR count). The molecule has 0 N–H and O–H groups in total. The molecule has 1 saturated heterocycles. The minimum absolute atomic E-state index is 0.140. The summed E-state index contributed by atoms with van der Waals surface area (Å²) in [6, 6.07) is 27.6. The first kappa shape index (κ1) is 25.5. The molecule has 3 aromatic heterocycles. The molecule has 4 heterocycles. The van der Waals surface area contributed by atoms with Gasteiger partial charge in [-0.2, -0.15) is 5.10 Å². The van der Waals surface area contributed by atoms with Crippen molar-refractivity contribution in [3.63, 3.8) is 0 Å². The molecule has 0 aliphatic carbocycles. The van der Waals surface area contributed by atoms with E-state index in [2.05, 4.69) is 4.90 Å². The molecule has 40 heavy (non-hydrogen) atoms. The Hall–Kier alpha value is -4.78. The molecule has 202 valence electrons. The van der Waals surface area contributed by atoms with E-state index in [4.69, 9.17) is 13.9 Å². The van der Waals surface area contributed by atoms with Gasteiger partial charge in [-0.3, -0.25) is 4.79 Å². The van der Waals surface area contributed by atoms with E-state index < -0.39 is 0 Å². The van der Waals surface area contributed by atoms with E-state index in [-0.39, 0.29) is 5.91 Å². The van der Waals surface area contributed by atoms with Crippen molar-refractivity contribution in [1.82, 2.24) is 14.7 Å². The highest BCUT2D eigenvalue weighted by Gasteiger charge is 2.19. The monoisotopic (exact) mass is 532 g/mol.